The molecule has 4 aromatic rings. The van der Waals surface area contributed by atoms with Gasteiger partial charge in [0.15, 0.2) is 0 Å². The van der Waals surface area contributed by atoms with Crippen LogP contribution in [0.25, 0.3) is 11.0 Å². The van der Waals surface area contributed by atoms with E-state index in [1.54, 1.807) is 22.9 Å². The maximum atomic E-state index is 13.5. The van der Waals surface area contributed by atoms with Crippen molar-refractivity contribution >= 4 is 50.0 Å². The number of aromatic nitrogens is 3. The minimum atomic E-state index is -5.50. The van der Waals surface area contributed by atoms with Crippen LogP contribution in [0.3, 0.4) is 0 Å². The molecule has 2 saturated heterocycles. The zero-order valence-corrected chi connectivity index (χ0v) is 23.9. The Kier molecular flexibility index (Phi) is 6.91. The highest BCUT2D eigenvalue weighted by Gasteiger charge is 2.58. The number of hydrogen-bond acceptors (Lipinski definition) is 6. The van der Waals surface area contributed by atoms with Gasteiger partial charge in [-0.3, -0.25) is 0 Å². The standard InChI is InChI=1S/C27H24ClF3N4O4S2/c1-14-10-16(22(25-32-8-9-40-25)15-2-4-17(28)5-3-15)11-21-23(14)33-24(26(36)37)34(21)20-12-18-6-7-19(13-20)35(18)41(38,39)27(29,30)31/h2-5,8-11,18-20,22H,6-7,12-13H2,1H3,(H,36,37). The van der Waals surface area contributed by atoms with Crippen molar-refractivity contribution in [3.8, 4) is 0 Å². The highest BCUT2D eigenvalue weighted by Crippen LogP contribution is 2.47. The Hall–Kier alpha value is -3.00. The van der Waals surface area contributed by atoms with E-state index in [-0.39, 0.29) is 37.4 Å². The van der Waals surface area contributed by atoms with Crippen LogP contribution in [0.1, 0.15) is 70.0 Å². The Bertz CT molecular complexity index is 1730. The molecule has 0 aliphatic carbocycles. The highest BCUT2D eigenvalue weighted by molar-refractivity contribution is 7.90. The Balaban J connectivity index is 1.48. The normalized spacial score (nSPS) is 22.3. The molecular weight excluding hydrogens is 601 g/mol. The van der Waals surface area contributed by atoms with Crippen molar-refractivity contribution < 1.29 is 31.5 Å². The predicted molar refractivity (Wildman–Crippen MR) is 148 cm³/mol. The third kappa shape index (κ3) is 4.72. The molecule has 6 rings (SSSR count). The van der Waals surface area contributed by atoms with Gasteiger partial charge in [-0.05, 0) is 67.5 Å². The third-order valence-corrected chi connectivity index (χ3v) is 10.8. The molecule has 3 atom stereocenters. The smallest absolute Gasteiger partial charge is 0.475 e. The van der Waals surface area contributed by atoms with Crippen molar-refractivity contribution in [3.63, 3.8) is 0 Å². The van der Waals surface area contributed by atoms with E-state index in [2.05, 4.69) is 9.97 Å². The van der Waals surface area contributed by atoms with Crippen LogP contribution in [0.2, 0.25) is 5.02 Å². The molecule has 0 amide bonds. The van der Waals surface area contributed by atoms with Crippen molar-refractivity contribution in [1.82, 2.24) is 18.8 Å². The van der Waals surface area contributed by atoms with Gasteiger partial charge in [-0.25, -0.2) is 23.2 Å². The molecule has 2 aromatic heterocycles. The van der Waals surface area contributed by atoms with Gasteiger partial charge in [0.05, 0.1) is 17.0 Å². The number of rotatable bonds is 6. The molecule has 8 nitrogen and oxygen atoms in total. The first-order valence-electron chi connectivity index (χ1n) is 12.9. The molecule has 2 fully saturated rings. The SMILES string of the molecule is Cc1cc(C(c2ccc(Cl)cc2)c2nccs2)cc2c1nc(C(=O)O)n2C1CC2CCC(C1)N2S(=O)(=O)C(F)(F)F. The van der Waals surface area contributed by atoms with Crippen molar-refractivity contribution in [2.24, 2.45) is 0 Å². The molecule has 3 unspecified atom stereocenters. The minimum absolute atomic E-state index is 0.0495. The van der Waals surface area contributed by atoms with E-state index in [1.165, 1.54) is 11.3 Å². The number of halogens is 4. The van der Waals surface area contributed by atoms with Crippen molar-refractivity contribution in [3.05, 3.63) is 80.5 Å². The fourth-order valence-corrected chi connectivity index (χ4v) is 8.74. The second-order valence-electron chi connectivity index (χ2n) is 10.5. The quantitative estimate of drug-likeness (QED) is 0.268. The number of fused-ring (bicyclic) bond motifs is 3. The summed E-state index contributed by atoms with van der Waals surface area (Å²) in [7, 11) is -5.50. The molecule has 4 heterocycles. The number of alkyl halides is 3. The largest absolute Gasteiger partial charge is 0.511 e. The summed E-state index contributed by atoms with van der Waals surface area (Å²) in [5, 5.41) is 13.4. The van der Waals surface area contributed by atoms with Crippen molar-refractivity contribution in [2.45, 2.75) is 62.2 Å². The molecule has 0 radical (unpaired) electrons. The first kappa shape index (κ1) is 28.1. The third-order valence-electron chi connectivity index (χ3n) is 8.01. The number of aryl methyl sites for hydroxylation is 1. The van der Waals surface area contributed by atoms with Gasteiger partial charge in [0.2, 0.25) is 5.82 Å². The monoisotopic (exact) mass is 624 g/mol. The van der Waals surface area contributed by atoms with Crippen LogP contribution in [0.15, 0.2) is 48.0 Å². The Morgan fingerprint density at radius 1 is 1.10 bits per heavy atom. The van der Waals surface area contributed by atoms with Gasteiger partial charge in [0.1, 0.15) is 5.01 Å². The molecule has 2 bridgehead atoms. The number of carboxylic acid groups (broad SMARTS) is 1. The average molecular weight is 625 g/mol. The van der Waals surface area contributed by atoms with Crippen LogP contribution < -0.4 is 0 Å². The van der Waals surface area contributed by atoms with E-state index in [1.807, 2.05) is 36.6 Å². The van der Waals surface area contributed by atoms with Crippen LogP contribution in [0.5, 0.6) is 0 Å². The molecule has 41 heavy (non-hydrogen) atoms. The Labute approximate surface area is 242 Å². The minimum Gasteiger partial charge on any atom is -0.475 e. The lowest BCUT2D eigenvalue weighted by Crippen LogP contribution is -2.51. The Morgan fingerprint density at radius 2 is 1.76 bits per heavy atom. The van der Waals surface area contributed by atoms with Gasteiger partial charge in [0.25, 0.3) is 0 Å². The summed E-state index contributed by atoms with van der Waals surface area (Å²) in [5.41, 5.74) is -1.90. The van der Waals surface area contributed by atoms with Gasteiger partial charge in [-0.1, -0.05) is 29.8 Å². The van der Waals surface area contributed by atoms with Crippen LogP contribution in [0, 0.1) is 6.92 Å². The molecular formula is C27H24ClF3N4O4S2. The first-order chi connectivity index (χ1) is 19.4. The number of thiazole rings is 1. The number of piperidine rings is 1. The van der Waals surface area contributed by atoms with Crippen LogP contribution >= 0.6 is 22.9 Å². The number of benzene rings is 2. The molecule has 1 N–H and O–H groups in total. The van der Waals surface area contributed by atoms with E-state index in [0.29, 0.717) is 20.4 Å². The molecule has 0 saturated carbocycles. The van der Waals surface area contributed by atoms with E-state index in [4.69, 9.17) is 11.6 Å². The van der Waals surface area contributed by atoms with E-state index >= 15 is 0 Å². The molecule has 2 aliphatic heterocycles. The second-order valence-corrected chi connectivity index (χ2v) is 13.7. The van der Waals surface area contributed by atoms with E-state index in [0.717, 1.165) is 21.7 Å². The first-order valence-corrected chi connectivity index (χ1v) is 15.6. The fraction of sp³-hybridized carbons (Fsp3) is 0.370. The lowest BCUT2D eigenvalue weighted by atomic mass is 9.90. The lowest BCUT2D eigenvalue weighted by molar-refractivity contribution is -0.0517. The Morgan fingerprint density at radius 3 is 2.32 bits per heavy atom. The second kappa shape index (κ2) is 10.1. The lowest BCUT2D eigenvalue weighted by Gasteiger charge is -2.38. The van der Waals surface area contributed by atoms with E-state index < -0.39 is 39.6 Å². The maximum absolute atomic E-state index is 13.5. The number of carbonyl (C=O) groups is 1. The zero-order valence-electron chi connectivity index (χ0n) is 21.5. The van der Waals surface area contributed by atoms with Gasteiger partial charge >= 0.3 is 21.5 Å². The number of aromatic carboxylic acids is 1. The maximum Gasteiger partial charge on any atom is 0.511 e. The summed E-state index contributed by atoms with van der Waals surface area (Å²) in [6.07, 6.45) is 2.36. The summed E-state index contributed by atoms with van der Waals surface area (Å²) in [6.45, 7) is 1.83. The highest BCUT2D eigenvalue weighted by atomic mass is 35.5. The summed E-state index contributed by atoms with van der Waals surface area (Å²) >= 11 is 7.61. The topological polar surface area (TPSA) is 105 Å². The molecule has 2 aliphatic rings. The molecule has 216 valence electrons. The molecule has 0 spiro atoms. The average Bonchev–Trinajstić information content (AvgIpc) is 3.62. The number of sulfonamides is 1. The van der Waals surface area contributed by atoms with Gasteiger partial charge in [0, 0.05) is 34.7 Å². The summed E-state index contributed by atoms with van der Waals surface area (Å²) in [4.78, 5) is 21.4. The van der Waals surface area contributed by atoms with Gasteiger partial charge < -0.3 is 9.67 Å². The van der Waals surface area contributed by atoms with Crippen LogP contribution in [-0.2, 0) is 10.0 Å². The van der Waals surface area contributed by atoms with Crippen LogP contribution in [-0.4, -0.2) is 55.9 Å². The van der Waals surface area contributed by atoms with Crippen molar-refractivity contribution in [1.29, 1.82) is 0 Å². The van der Waals surface area contributed by atoms with Gasteiger partial charge in [-0.15, -0.1) is 11.3 Å². The van der Waals surface area contributed by atoms with E-state index in [9.17, 15) is 31.5 Å². The number of imidazole rings is 1. The predicted octanol–water partition coefficient (Wildman–Crippen LogP) is 6.35. The van der Waals surface area contributed by atoms with Crippen LogP contribution in [0.4, 0.5) is 13.2 Å². The summed E-state index contributed by atoms with van der Waals surface area (Å²) in [6, 6.07) is 8.87. The zero-order chi connectivity index (χ0) is 29.3. The van der Waals surface area contributed by atoms with Gasteiger partial charge in [-0.2, -0.15) is 17.5 Å². The number of hydrogen-bond donors (Lipinski definition) is 1. The molecule has 2 aromatic carbocycles. The fourth-order valence-electron chi connectivity index (χ4n) is 6.42. The summed E-state index contributed by atoms with van der Waals surface area (Å²) < 4.78 is 67.2. The molecule has 14 heteroatoms. The van der Waals surface area contributed by atoms with Crippen molar-refractivity contribution in [2.75, 3.05) is 0 Å². The summed E-state index contributed by atoms with van der Waals surface area (Å²) in [5.74, 6) is -1.79. The number of nitrogens with zero attached hydrogens (tertiary/aromatic N) is 4. The number of carboxylic acids is 1.